The molecule has 0 radical (unpaired) electrons. The maximum atomic E-state index is 12.2. The number of fused-ring (bicyclic) bond motifs is 1. The van der Waals surface area contributed by atoms with Crippen LogP contribution in [0.25, 0.3) is 11.0 Å². The van der Waals surface area contributed by atoms with Crippen LogP contribution in [0.1, 0.15) is 43.9 Å². The molecule has 2 aromatic rings. The van der Waals surface area contributed by atoms with Crippen LogP contribution in [0.15, 0.2) is 33.5 Å². The van der Waals surface area contributed by atoms with Gasteiger partial charge in [0.05, 0.1) is 5.39 Å². The van der Waals surface area contributed by atoms with Gasteiger partial charge in [0.25, 0.3) is 0 Å². The molecule has 0 amide bonds. The Labute approximate surface area is 108 Å². The Morgan fingerprint density at radius 2 is 1.89 bits per heavy atom. The van der Waals surface area contributed by atoms with Crippen LogP contribution < -0.4 is 5.43 Å². The Morgan fingerprint density at radius 3 is 2.67 bits per heavy atom. The van der Waals surface area contributed by atoms with Crippen molar-refractivity contribution < 1.29 is 4.42 Å². The molecule has 2 rings (SSSR count). The van der Waals surface area contributed by atoms with Gasteiger partial charge >= 0.3 is 0 Å². The van der Waals surface area contributed by atoms with Crippen LogP contribution in [-0.2, 0) is 6.42 Å². The van der Waals surface area contributed by atoms with Gasteiger partial charge in [-0.25, -0.2) is 0 Å². The molecule has 2 nitrogen and oxygen atoms in total. The third-order valence-corrected chi connectivity index (χ3v) is 3.38. The molecule has 0 atom stereocenters. The SMILES string of the molecule is CCCCCCc1oc2ccccc2c(=O)c1C. The van der Waals surface area contributed by atoms with E-state index in [1.54, 1.807) is 0 Å². The molecule has 0 saturated carbocycles. The van der Waals surface area contributed by atoms with Crippen LogP contribution in [0.5, 0.6) is 0 Å². The van der Waals surface area contributed by atoms with Crippen molar-refractivity contribution in [3.05, 3.63) is 45.8 Å². The van der Waals surface area contributed by atoms with Crippen LogP contribution in [0, 0.1) is 6.92 Å². The van der Waals surface area contributed by atoms with Crippen molar-refractivity contribution in [2.75, 3.05) is 0 Å². The molecule has 0 unspecified atom stereocenters. The summed E-state index contributed by atoms with van der Waals surface area (Å²) in [5, 5.41) is 0.687. The highest BCUT2D eigenvalue weighted by molar-refractivity contribution is 5.76. The molecule has 0 aliphatic heterocycles. The smallest absolute Gasteiger partial charge is 0.195 e. The van der Waals surface area contributed by atoms with Crippen molar-refractivity contribution in [3.8, 4) is 0 Å². The normalized spacial score (nSPS) is 11.0. The van der Waals surface area contributed by atoms with E-state index in [0.29, 0.717) is 11.0 Å². The average Bonchev–Trinajstić information content (AvgIpc) is 2.40. The van der Waals surface area contributed by atoms with Crippen LogP contribution >= 0.6 is 0 Å². The molecule has 0 aliphatic carbocycles. The molecule has 0 fully saturated rings. The largest absolute Gasteiger partial charge is 0.461 e. The minimum absolute atomic E-state index is 0.113. The molecule has 1 heterocycles. The first-order valence-electron chi connectivity index (χ1n) is 6.75. The van der Waals surface area contributed by atoms with E-state index in [1.807, 2.05) is 31.2 Å². The molecule has 0 bridgehead atoms. The van der Waals surface area contributed by atoms with Crippen molar-refractivity contribution in [2.45, 2.75) is 46.0 Å². The van der Waals surface area contributed by atoms with E-state index >= 15 is 0 Å². The standard InChI is InChI=1S/C16H20O2/c1-3-4-5-6-10-14-12(2)16(17)13-9-7-8-11-15(13)18-14/h7-9,11H,3-6,10H2,1-2H3. The molecule has 18 heavy (non-hydrogen) atoms. The van der Waals surface area contributed by atoms with Crippen molar-refractivity contribution in [2.24, 2.45) is 0 Å². The number of hydrogen-bond donors (Lipinski definition) is 0. The molecule has 0 N–H and O–H groups in total. The molecule has 0 saturated heterocycles. The molecule has 1 aromatic carbocycles. The lowest BCUT2D eigenvalue weighted by Crippen LogP contribution is -2.09. The van der Waals surface area contributed by atoms with Gasteiger partial charge in [-0.2, -0.15) is 0 Å². The van der Waals surface area contributed by atoms with E-state index in [-0.39, 0.29) is 5.43 Å². The van der Waals surface area contributed by atoms with Crippen LogP contribution in [0.3, 0.4) is 0 Å². The Bertz CT molecular complexity index is 581. The number of rotatable bonds is 5. The fourth-order valence-corrected chi connectivity index (χ4v) is 2.23. The summed E-state index contributed by atoms with van der Waals surface area (Å²) >= 11 is 0. The predicted octanol–water partition coefficient (Wildman–Crippen LogP) is 4.22. The first kappa shape index (κ1) is 12.9. The molecule has 96 valence electrons. The minimum Gasteiger partial charge on any atom is -0.461 e. The first-order chi connectivity index (χ1) is 8.74. The van der Waals surface area contributed by atoms with Gasteiger partial charge in [-0.3, -0.25) is 4.79 Å². The van der Waals surface area contributed by atoms with Crippen molar-refractivity contribution in [3.63, 3.8) is 0 Å². The van der Waals surface area contributed by atoms with Gasteiger partial charge in [-0.15, -0.1) is 0 Å². The van der Waals surface area contributed by atoms with Gasteiger partial charge in [0.1, 0.15) is 11.3 Å². The highest BCUT2D eigenvalue weighted by Gasteiger charge is 2.09. The first-order valence-corrected chi connectivity index (χ1v) is 6.75. The average molecular weight is 244 g/mol. The summed E-state index contributed by atoms with van der Waals surface area (Å²) in [5.74, 6) is 0.856. The highest BCUT2D eigenvalue weighted by Crippen LogP contribution is 2.17. The number of hydrogen-bond acceptors (Lipinski definition) is 2. The summed E-state index contributed by atoms with van der Waals surface area (Å²) in [6.45, 7) is 4.06. The van der Waals surface area contributed by atoms with Gasteiger partial charge in [0, 0.05) is 12.0 Å². The van der Waals surface area contributed by atoms with E-state index in [4.69, 9.17) is 4.42 Å². The van der Waals surface area contributed by atoms with Crippen LogP contribution in [0.4, 0.5) is 0 Å². The van der Waals surface area contributed by atoms with E-state index in [1.165, 1.54) is 19.3 Å². The zero-order valence-corrected chi connectivity index (χ0v) is 11.2. The zero-order valence-electron chi connectivity index (χ0n) is 11.2. The van der Waals surface area contributed by atoms with Crippen molar-refractivity contribution in [1.82, 2.24) is 0 Å². The molecule has 0 aliphatic rings. The molecule has 2 heteroatoms. The van der Waals surface area contributed by atoms with E-state index < -0.39 is 0 Å². The summed E-state index contributed by atoms with van der Waals surface area (Å²) in [6, 6.07) is 7.47. The van der Waals surface area contributed by atoms with Gasteiger partial charge in [-0.1, -0.05) is 38.3 Å². The van der Waals surface area contributed by atoms with Crippen molar-refractivity contribution in [1.29, 1.82) is 0 Å². The van der Waals surface area contributed by atoms with Gasteiger partial charge in [-0.05, 0) is 25.5 Å². The lowest BCUT2D eigenvalue weighted by atomic mass is 10.1. The summed E-state index contributed by atoms with van der Waals surface area (Å²) in [6.07, 6.45) is 5.63. The second-order valence-electron chi connectivity index (χ2n) is 4.79. The van der Waals surface area contributed by atoms with Gasteiger partial charge < -0.3 is 4.42 Å². The minimum atomic E-state index is 0.113. The summed E-state index contributed by atoms with van der Waals surface area (Å²) in [4.78, 5) is 12.2. The lowest BCUT2D eigenvalue weighted by molar-refractivity contribution is 0.510. The zero-order chi connectivity index (χ0) is 13.0. The molecular weight excluding hydrogens is 224 g/mol. The highest BCUT2D eigenvalue weighted by atomic mass is 16.3. The fourth-order valence-electron chi connectivity index (χ4n) is 2.23. The maximum absolute atomic E-state index is 12.2. The quantitative estimate of drug-likeness (QED) is 0.737. The van der Waals surface area contributed by atoms with E-state index in [2.05, 4.69) is 6.92 Å². The van der Waals surface area contributed by atoms with Gasteiger partial charge in [0.2, 0.25) is 0 Å². The molecular formula is C16H20O2. The monoisotopic (exact) mass is 244 g/mol. The lowest BCUT2D eigenvalue weighted by Gasteiger charge is -2.06. The number of aryl methyl sites for hydroxylation is 1. The van der Waals surface area contributed by atoms with Crippen LogP contribution in [-0.4, -0.2) is 0 Å². The fraction of sp³-hybridized carbons (Fsp3) is 0.438. The molecule has 0 spiro atoms. The van der Waals surface area contributed by atoms with Crippen molar-refractivity contribution >= 4 is 11.0 Å². The number of unbranched alkanes of at least 4 members (excludes halogenated alkanes) is 3. The van der Waals surface area contributed by atoms with Crippen LogP contribution in [0.2, 0.25) is 0 Å². The van der Waals surface area contributed by atoms with Gasteiger partial charge in [0.15, 0.2) is 5.43 Å². The maximum Gasteiger partial charge on any atom is 0.195 e. The second-order valence-corrected chi connectivity index (χ2v) is 4.79. The van der Waals surface area contributed by atoms with E-state index in [9.17, 15) is 4.79 Å². The van der Waals surface area contributed by atoms with E-state index in [0.717, 1.165) is 24.2 Å². The topological polar surface area (TPSA) is 30.2 Å². The third kappa shape index (κ3) is 2.63. The molecule has 1 aromatic heterocycles. The predicted molar refractivity (Wildman–Crippen MR) is 75.1 cm³/mol. The summed E-state index contributed by atoms with van der Waals surface area (Å²) in [7, 11) is 0. The third-order valence-electron chi connectivity index (χ3n) is 3.38. The Balaban J connectivity index is 2.28. The Kier molecular flexibility index (Phi) is 4.19. The Morgan fingerprint density at radius 1 is 1.11 bits per heavy atom. The number of para-hydroxylation sites is 1. The summed E-state index contributed by atoms with van der Waals surface area (Å²) < 4.78 is 5.85. The second kappa shape index (κ2) is 5.85. The summed E-state index contributed by atoms with van der Waals surface area (Å²) in [5.41, 5.74) is 1.59. The number of benzene rings is 1. The Hall–Kier alpha value is -1.57.